The Morgan fingerprint density at radius 1 is 1.58 bits per heavy atom. The summed E-state index contributed by atoms with van der Waals surface area (Å²) < 4.78 is 0. The van der Waals surface area contributed by atoms with Crippen molar-refractivity contribution >= 4 is 28.7 Å². The molecule has 0 aliphatic rings. The number of amides is 2. The summed E-state index contributed by atoms with van der Waals surface area (Å²) >= 11 is 5.94. The van der Waals surface area contributed by atoms with Gasteiger partial charge in [-0.25, -0.2) is 9.78 Å². The normalized spacial score (nSPS) is 12.4. The van der Waals surface area contributed by atoms with Gasteiger partial charge in [0, 0.05) is 18.6 Å². The lowest BCUT2D eigenvalue weighted by Gasteiger charge is -2.23. The fourth-order valence-corrected chi connectivity index (χ4v) is 2.01. The van der Waals surface area contributed by atoms with Crippen LogP contribution in [0.5, 0.6) is 0 Å². The van der Waals surface area contributed by atoms with Crippen molar-refractivity contribution in [2.45, 2.75) is 19.9 Å². The molecule has 2 amide bonds. The Morgan fingerprint density at radius 3 is 3.00 bits per heavy atom. The van der Waals surface area contributed by atoms with Gasteiger partial charge in [0.1, 0.15) is 5.82 Å². The van der Waals surface area contributed by atoms with Crippen LogP contribution < -0.4 is 5.32 Å². The maximum Gasteiger partial charge on any atom is 0.317 e. The molecule has 19 heavy (non-hydrogen) atoms. The van der Waals surface area contributed by atoms with Crippen molar-refractivity contribution in [3.63, 3.8) is 0 Å². The summed E-state index contributed by atoms with van der Waals surface area (Å²) in [6.07, 6.45) is 0. The van der Waals surface area contributed by atoms with Gasteiger partial charge in [-0.3, -0.25) is 0 Å². The molecule has 0 fully saturated rings. The van der Waals surface area contributed by atoms with Crippen molar-refractivity contribution in [1.29, 1.82) is 0 Å². The number of hydrogen-bond donors (Lipinski definition) is 2. The zero-order valence-electron chi connectivity index (χ0n) is 11.2. The van der Waals surface area contributed by atoms with E-state index in [1.165, 1.54) is 0 Å². The van der Waals surface area contributed by atoms with Crippen molar-refractivity contribution in [1.82, 2.24) is 20.2 Å². The Bertz CT molecular complexity index is 595. The number of nitrogens with zero attached hydrogens (tertiary/aromatic N) is 2. The van der Waals surface area contributed by atoms with E-state index >= 15 is 0 Å². The molecule has 0 radical (unpaired) electrons. The summed E-state index contributed by atoms with van der Waals surface area (Å²) in [5.41, 5.74) is 1.72. The third-order valence-corrected chi connectivity index (χ3v) is 3.32. The van der Waals surface area contributed by atoms with E-state index < -0.39 is 0 Å². The molecular weight excluding hydrogens is 264 g/mol. The smallest absolute Gasteiger partial charge is 0.317 e. The number of carbonyl (C=O) groups is 1. The van der Waals surface area contributed by atoms with Crippen LogP contribution in [0.4, 0.5) is 4.79 Å². The molecule has 0 spiro atoms. The molecule has 5 nitrogen and oxygen atoms in total. The van der Waals surface area contributed by atoms with E-state index in [0.29, 0.717) is 11.6 Å². The molecule has 0 bridgehead atoms. The third kappa shape index (κ3) is 2.81. The highest BCUT2D eigenvalue weighted by molar-refractivity contribution is 6.31. The average molecular weight is 281 g/mol. The van der Waals surface area contributed by atoms with Crippen molar-refractivity contribution in [2.24, 2.45) is 0 Å². The Kier molecular flexibility index (Phi) is 3.95. The van der Waals surface area contributed by atoms with Gasteiger partial charge in [0.15, 0.2) is 0 Å². The molecule has 0 aliphatic carbocycles. The van der Waals surface area contributed by atoms with Gasteiger partial charge in [-0.15, -0.1) is 0 Å². The van der Waals surface area contributed by atoms with E-state index in [-0.39, 0.29) is 12.1 Å². The van der Waals surface area contributed by atoms with Crippen LogP contribution in [0.15, 0.2) is 18.2 Å². The molecule has 1 aromatic heterocycles. The summed E-state index contributed by atoms with van der Waals surface area (Å²) in [6, 6.07) is 5.22. The lowest BCUT2D eigenvalue weighted by atomic mass is 10.3. The Labute approximate surface area is 117 Å². The fraction of sp³-hybridized carbons (Fsp3) is 0.385. The average Bonchev–Trinajstić information content (AvgIpc) is 2.80. The number of rotatable bonds is 3. The number of carbonyl (C=O) groups excluding carboxylic acids is 1. The Balaban J connectivity index is 2.25. The number of urea groups is 1. The molecule has 1 atom stereocenters. The number of benzene rings is 1. The number of hydrogen-bond acceptors (Lipinski definition) is 2. The SMILES string of the molecule is CCNC(=O)N(C)C(C)c1nc2ccc(Cl)cc2[nH]1. The highest BCUT2D eigenvalue weighted by atomic mass is 35.5. The number of aromatic amines is 1. The van der Waals surface area contributed by atoms with E-state index in [4.69, 9.17) is 11.6 Å². The second-order valence-electron chi connectivity index (χ2n) is 4.41. The first-order valence-corrected chi connectivity index (χ1v) is 6.56. The first-order chi connectivity index (χ1) is 9.02. The summed E-state index contributed by atoms with van der Waals surface area (Å²) in [5, 5.41) is 3.42. The number of nitrogens with one attached hydrogen (secondary N) is 2. The predicted octanol–water partition coefficient (Wildman–Crippen LogP) is 2.94. The van der Waals surface area contributed by atoms with E-state index in [2.05, 4.69) is 15.3 Å². The molecule has 1 heterocycles. The molecular formula is C13H17ClN4O. The molecule has 2 rings (SSSR count). The zero-order valence-corrected chi connectivity index (χ0v) is 12.0. The quantitative estimate of drug-likeness (QED) is 0.908. The Morgan fingerprint density at radius 2 is 2.32 bits per heavy atom. The van der Waals surface area contributed by atoms with E-state index in [0.717, 1.165) is 16.9 Å². The minimum atomic E-state index is -0.141. The van der Waals surface area contributed by atoms with Gasteiger partial charge in [-0.1, -0.05) is 11.6 Å². The van der Waals surface area contributed by atoms with Crippen LogP contribution in [0.25, 0.3) is 11.0 Å². The minimum absolute atomic E-state index is 0.117. The van der Waals surface area contributed by atoms with Crippen LogP contribution in [0.1, 0.15) is 25.7 Å². The highest BCUT2D eigenvalue weighted by Gasteiger charge is 2.19. The number of aromatic nitrogens is 2. The maximum atomic E-state index is 11.8. The van der Waals surface area contributed by atoms with Gasteiger partial charge < -0.3 is 15.2 Å². The zero-order chi connectivity index (χ0) is 14.0. The maximum absolute atomic E-state index is 11.8. The third-order valence-electron chi connectivity index (χ3n) is 3.09. The van der Waals surface area contributed by atoms with Crippen molar-refractivity contribution in [2.75, 3.05) is 13.6 Å². The Hall–Kier alpha value is -1.75. The van der Waals surface area contributed by atoms with Gasteiger partial charge >= 0.3 is 6.03 Å². The summed E-state index contributed by atoms with van der Waals surface area (Å²) in [4.78, 5) is 21.1. The molecule has 102 valence electrons. The molecule has 2 N–H and O–H groups in total. The summed E-state index contributed by atoms with van der Waals surface area (Å²) in [6.45, 7) is 4.42. The van der Waals surface area contributed by atoms with E-state index in [1.54, 1.807) is 18.0 Å². The molecule has 1 unspecified atom stereocenters. The van der Waals surface area contributed by atoms with Crippen LogP contribution in [0, 0.1) is 0 Å². The van der Waals surface area contributed by atoms with Gasteiger partial charge in [0.25, 0.3) is 0 Å². The number of H-pyrrole nitrogens is 1. The second kappa shape index (κ2) is 5.48. The molecule has 1 aromatic carbocycles. The van der Waals surface area contributed by atoms with Crippen LogP contribution in [0.3, 0.4) is 0 Å². The first-order valence-electron chi connectivity index (χ1n) is 6.18. The van der Waals surface area contributed by atoms with Crippen LogP contribution >= 0.6 is 11.6 Å². The van der Waals surface area contributed by atoms with Gasteiger partial charge in [0.05, 0.1) is 17.1 Å². The van der Waals surface area contributed by atoms with Gasteiger partial charge in [-0.2, -0.15) is 0 Å². The second-order valence-corrected chi connectivity index (χ2v) is 4.84. The summed E-state index contributed by atoms with van der Waals surface area (Å²) in [5.74, 6) is 0.742. The fourth-order valence-electron chi connectivity index (χ4n) is 1.83. The number of fused-ring (bicyclic) bond motifs is 1. The van der Waals surface area contributed by atoms with E-state index in [1.807, 2.05) is 26.0 Å². The van der Waals surface area contributed by atoms with Gasteiger partial charge in [-0.05, 0) is 32.0 Å². The van der Waals surface area contributed by atoms with Crippen molar-refractivity contribution in [3.8, 4) is 0 Å². The standard InChI is InChI=1S/C13H17ClN4O/c1-4-15-13(19)18(3)8(2)12-16-10-6-5-9(14)7-11(10)17-12/h5-8H,4H2,1-3H3,(H,15,19)(H,16,17). The van der Waals surface area contributed by atoms with Gasteiger partial charge in [0.2, 0.25) is 0 Å². The lowest BCUT2D eigenvalue weighted by molar-refractivity contribution is 0.193. The predicted molar refractivity (Wildman–Crippen MR) is 76.4 cm³/mol. The number of halogens is 1. The monoisotopic (exact) mass is 280 g/mol. The first kappa shape index (κ1) is 13.7. The largest absolute Gasteiger partial charge is 0.340 e. The summed E-state index contributed by atoms with van der Waals surface area (Å²) in [7, 11) is 1.75. The van der Waals surface area contributed by atoms with Crippen LogP contribution in [0.2, 0.25) is 5.02 Å². The highest BCUT2D eigenvalue weighted by Crippen LogP contribution is 2.22. The molecule has 0 saturated heterocycles. The topological polar surface area (TPSA) is 61.0 Å². The van der Waals surface area contributed by atoms with Crippen molar-refractivity contribution in [3.05, 3.63) is 29.0 Å². The molecule has 2 aromatic rings. The lowest BCUT2D eigenvalue weighted by Crippen LogP contribution is -2.38. The van der Waals surface area contributed by atoms with Crippen LogP contribution in [-0.2, 0) is 0 Å². The molecule has 6 heteroatoms. The molecule has 0 aliphatic heterocycles. The molecule has 0 saturated carbocycles. The number of imidazole rings is 1. The van der Waals surface area contributed by atoms with Crippen LogP contribution in [-0.4, -0.2) is 34.5 Å². The minimum Gasteiger partial charge on any atom is -0.340 e. The van der Waals surface area contributed by atoms with E-state index in [9.17, 15) is 4.79 Å². The van der Waals surface area contributed by atoms with Crippen molar-refractivity contribution < 1.29 is 4.79 Å².